The van der Waals surface area contributed by atoms with Gasteiger partial charge < -0.3 is 5.73 Å². The van der Waals surface area contributed by atoms with Gasteiger partial charge in [-0.2, -0.15) is 13.2 Å². The Hall–Kier alpha value is -0.660. The molecule has 1 aliphatic rings. The molecule has 21 heavy (non-hydrogen) atoms. The molecule has 2 rings (SSSR count). The van der Waals surface area contributed by atoms with Gasteiger partial charge in [0.15, 0.2) is 0 Å². The van der Waals surface area contributed by atoms with Gasteiger partial charge in [0.1, 0.15) is 0 Å². The highest BCUT2D eigenvalue weighted by Gasteiger charge is 2.46. The van der Waals surface area contributed by atoms with E-state index < -0.39 is 12.1 Å². The third-order valence-electron chi connectivity index (χ3n) is 4.79. The average molecular weight is 321 g/mol. The van der Waals surface area contributed by atoms with E-state index in [1.165, 1.54) is 0 Å². The van der Waals surface area contributed by atoms with Crippen molar-refractivity contribution in [2.24, 2.45) is 11.7 Å². The molecular formula is C14H22F3N3S. The number of rotatable bonds is 4. The predicted octanol–water partition coefficient (Wildman–Crippen LogP) is 3.33. The number of hydrogen-bond donors (Lipinski definition) is 1. The fourth-order valence-corrected chi connectivity index (χ4v) is 3.91. The van der Waals surface area contributed by atoms with Crippen LogP contribution in [0.2, 0.25) is 0 Å². The Kier molecular flexibility index (Phi) is 4.95. The van der Waals surface area contributed by atoms with Crippen molar-refractivity contribution in [1.29, 1.82) is 0 Å². The first-order valence-corrected chi connectivity index (χ1v) is 8.03. The summed E-state index contributed by atoms with van der Waals surface area (Å²) in [5, 5.41) is 0. The van der Waals surface area contributed by atoms with E-state index in [-0.39, 0.29) is 18.4 Å². The molecule has 1 saturated carbocycles. The lowest BCUT2D eigenvalue weighted by Gasteiger charge is -2.46. The van der Waals surface area contributed by atoms with Crippen molar-refractivity contribution in [2.75, 3.05) is 13.6 Å². The van der Waals surface area contributed by atoms with Crippen LogP contribution in [0.25, 0.3) is 0 Å². The zero-order valence-corrected chi connectivity index (χ0v) is 13.2. The normalized spacial score (nSPS) is 27.3. The van der Waals surface area contributed by atoms with E-state index in [4.69, 9.17) is 5.73 Å². The second kappa shape index (κ2) is 6.22. The molecule has 7 heteroatoms. The highest BCUT2D eigenvalue weighted by Crippen LogP contribution is 2.43. The molecule has 0 bridgehead atoms. The quantitative estimate of drug-likeness (QED) is 0.925. The van der Waals surface area contributed by atoms with Gasteiger partial charge in [0.25, 0.3) is 0 Å². The molecule has 0 spiro atoms. The lowest BCUT2D eigenvalue weighted by Crippen LogP contribution is -2.54. The summed E-state index contributed by atoms with van der Waals surface area (Å²) in [6.45, 7) is 3.05. The van der Waals surface area contributed by atoms with Crippen molar-refractivity contribution >= 4 is 11.3 Å². The lowest BCUT2D eigenvalue weighted by atomic mass is 9.75. The van der Waals surface area contributed by atoms with E-state index in [9.17, 15) is 13.2 Å². The van der Waals surface area contributed by atoms with Gasteiger partial charge >= 0.3 is 6.18 Å². The maximum absolute atomic E-state index is 12.8. The molecule has 0 aliphatic heterocycles. The van der Waals surface area contributed by atoms with Crippen molar-refractivity contribution in [3.05, 3.63) is 16.1 Å². The number of alkyl halides is 3. The van der Waals surface area contributed by atoms with Crippen LogP contribution in [0.5, 0.6) is 0 Å². The van der Waals surface area contributed by atoms with Crippen LogP contribution in [-0.4, -0.2) is 35.2 Å². The second-order valence-electron chi connectivity index (χ2n) is 5.96. The first kappa shape index (κ1) is 16.7. The monoisotopic (exact) mass is 321 g/mol. The molecule has 2 N–H and O–H groups in total. The zero-order chi connectivity index (χ0) is 15.7. The minimum atomic E-state index is -4.08. The first-order chi connectivity index (χ1) is 9.78. The third kappa shape index (κ3) is 3.57. The molecule has 0 radical (unpaired) electrons. The van der Waals surface area contributed by atoms with Gasteiger partial charge in [-0.05, 0) is 39.7 Å². The number of aryl methyl sites for hydroxylation is 1. The number of thiazole rings is 1. The summed E-state index contributed by atoms with van der Waals surface area (Å²) in [6.07, 6.45) is -2.73. The second-order valence-corrected chi connectivity index (χ2v) is 6.90. The molecule has 0 atom stereocenters. The van der Waals surface area contributed by atoms with Crippen LogP contribution >= 0.6 is 11.3 Å². The molecule has 120 valence electrons. The molecule has 1 aromatic heterocycles. The molecular weight excluding hydrogens is 299 g/mol. The summed E-state index contributed by atoms with van der Waals surface area (Å²) in [7, 11) is 1.96. The molecule has 0 saturated heterocycles. The SMILES string of the molecule is Cc1ncsc1CN(C)C1(CN)CCC(C(F)(F)F)CC1. The van der Waals surface area contributed by atoms with Crippen molar-refractivity contribution in [3.8, 4) is 0 Å². The van der Waals surface area contributed by atoms with E-state index in [1.54, 1.807) is 16.8 Å². The average Bonchev–Trinajstić information content (AvgIpc) is 2.83. The van der Waals surface area contributed by atoms with E-state index in [2.05, 4.69) is 9.88 Å². The fraction of sp³-hybridized carbons (Fsp3) is 0.786. The maximum atomic E-state index is 12.8. The minimum Gasteiger partial charge on any atom is -0.329 e. The predicted molar refractivity (Wildman–Crippen MR) is 78.1 cm³/mol. The Morgan fingerprint density at radius 3 is 2.48 bits per heavy atom. The summed E-state index contributed by atoms with van der Waals surface area (Å²) >= 11 is 1.58. The number of hydrogen-bond acceptors (Lipinski definition) is 4. The highest BCUT2D eigenvalue weighted by molar-refractivity contribution is 7.09. The summed E-state index contributed by atoms with van der Waals surface area (Å²) in [4.78, 5) is 7.50. The number of halogens is 3. The van der Waals surface area contributed by atoms with Crippen LogP contribution in [-0.2, 0) is 6.54 Å². The van der Waals surface area contributed by atoms with Crippen molar-refractivity contribution in [2.45, 2.75) is 50.9 Å². The molecule has 3 nitrogen and oxygen atoms in total. The number of aromatic nitrogens is 1. The van der Waals surface area contributed by atoms with Crippen LogP contribution in [0.1, 0.15) is 36.3 Å². The highest BCUT2D eigenvalue weighted by atomic mass is 32.1. The van der Waals surface area contributed by atoms with E-state index in [0.29, 0.717) is 25.9 Å². The van der Waals surface area contributed by atoms with Crippen LogP contribution in [0.3, 0.4) is 0 Å². The number of nitrogens with two attached hydrogens (primary N) is 1. The first-order valence-electron chi connectivity index (χ1n) is 7.15. The molecule has 0 amide bonds. The van der Waals surface area contributed by atoms with Crippen molar-refractivity contribution in [1.82, 2.24) is 9.88 Å². The van der Waals surface area contributed by atoms with Crippen molar-refractivity contribution in [3.63, 3.8) is 0 Å². The van der Waals surface area contributed by atoms with Crippen molar-refractivity contribution < 1.29 is 13.2 Å². The minimum absolute atomic E-state index is 0.173. The Labute approximate surface area is 127 Å². The number of likely N-dealkylation sites (N-methyl/N-ethyl adjacent to an activating group) is 1. The lowest BCUT2D eigenvalue weighted by molar-refractivity contribution is -0.188. The largest absolute Gasteiger partial charge is 0.391 e. The smallest absolute Gasteiger partial charge is 0.329 e. The summed E-state index contributed by atoms with van der Waals surface area (Å²) in [5.74, 6) is -1.17. The molecule has 0 unspecified atom stereocenters. The zero-order valence-electron chi connectivity index (χ0n) is 12.4. The third-order valence-corrected chi connectivity index (χ3v) is 5.71. The van der Waals surface area contributed by atoms with Gasteiger partial charge in [-0.3, -0.25) is 4.90 Å². The Balaban J connectivity index is 2.04. The maximum Gasteiger partial charge on any atom is 0.391 e. The van der Waals surface area contributed by atoms with Crippen LogP contribution in [0, 0.1) is 12.8 Å². The Morgan fingerprint density at radius 1 is 1.43 bits per heavy atom. The molecule has 1 heterocycles. The standard InChI is InChI=1S/C14H22F3N3S/c1-10-12(21-9-19-10)7-20(2)13(8-18)5-3-11(4-6-13)14(15,16)17/h9,11H,3-8,18H2,1-2H3. The van der Waals surface area contributed by atoms with Gasteiger partial charge in [0, 0.05) is 23.5 Å². The summed E-state index contributed by atoms with van der Waals surface area (Å²) in [5.41, 5.74) is 8.39. The summed E-state index contributed by atoms with van der Waals surface area (Å²) < 4.78 is 38.4. The van der Waals surface area contributed by atoms with Gasteiger partial charge in [0.05, 0.1) is 17.1 Å². The fourth-order valence-electron chi connectivity index (χ4n) is 3.09. The van der Waals surface area contributed by atoms with Gasteiger partial charge in [0.2, 0.25) is 0 Å². The van der Waals surface area contributed by atoms with Crippen LogP contribution < -0.4 is 5.73 Å². The van der Waals surface area contributed by atoms with Gasteiger partial charge in [-0.25, -0.2) is 4.98 Å². The van der Waals surface area contributed by atoms with Crippen LogP contribution in [0.15, 0.2) is 5.51 Å². The van der Waals surface area contributed by atoms with Gasteiger partial charge in [-0.15, -0.1) is 11.3 Å². The van der Waals surface area contributed by atoms with Crippen LogP contribution in [0.4, 0.5) is 13.2 Å². The topological polar surface area (TPSA) is 42.2 Å². The molecule has 1 fully saturated rings. The Morgan fingerprint density at radius 2 is 2.05 bits per heavy atom. The number of nitrogens with zero attached hydrogens (tertiary/aromatic N) is 2. The Bertz CT molecular complexity index is 464. The molecule has 1 aliphatic carbocycles. The van der Waals surface area contributed by atoms with E-state index in [1.807, 2.05) is 14.0 Å². The molecule has 1 aromatic rings. The summed E-state index contributed by atoms with van der Waals surface area (Å²) in [6, 6.07) is 0. The molecule has 0 aromatic carbocycles. The van der Waals surface area contributed by atoms with Gasteiger partial charge in [-0.1, -0.05) is 0 Å². The van der Waals surface area contributed by atoms with E-state index in [0.717, 1.165) is 10.6 Å². The van der Waals surface area contributed by atoms with E-state index >= 15 is 0 Å².